The maximum absolute atomic E-state index is 10.7. The van der Waals surface area contributed by atoms with Gasteiger partial charge in [0.05, 0.1) is 6.54 Å². The number of hydrogen-bond donors (Lipinski definition) is 2. The van der Waals surface area contributed by atoms with Gasteiger partial charge in [0.25, 0.3) is 0 Å². The minimum atomic E-state index is 0.0686. The zero-order chi connectivity index (χ0) is 7.56. The van der Waals surface area contributed by atoms with Crippen molar-refractivity contribution in [1.29, 1.82) is 0 Å². The summed E-state index contributed by atoms with van der Waals surface area (Å²) in [5.41, 5.74) is 0. The highest BCUT2D eigenvalue weighted by atomic mass is 16.1. The Labute approximate surface area is 61.2 Å². The van der Waals surface area contributed by atoms with Crippen molar-refractivity contribution in [2.75, 3.05) is 13.6 Å². The second-order valence-corrected chi connectivity index (χ2v) is 2.87. The summed E-state index contributed by atoms with van der Waals surface area (Å²) >= 11 is 0. The third kappa shape index (κ3) is 1.99. The molecular formula is C7H14N2O. The molecule has 0 aromatic carbocycles. The number of likely N-dealkylation sites (N-methyl/N-ethyl adjacent to an activating group) is 1. The summed E-state index contributed by atoms with van der Waals surface area (Å²) in [6.45, 7) is 2.65. The van der Waals surface area contributed by atoms with E-state index in [1.165, 1.54) is 6.42 Å². The van der Waals surface area contributed by atoms with E-state index in [2.05, 4.69) is 17.6 Å². The molecule has 0 aromatic heterocycles. The smallest absolute Gasteiger partial charge is 0.233 e. The van der Waals surface area contributed by atoms with Crippen molar-refractivity contribution < 1.29 is 4.79 Å². The number of carbonyl (C=O) groups excluding carboxylic acids is 1. The lowest BCUT2D eigenvalue weighted by Crippen LogP contribution is -2.32. The van der Waals surface area contributed by atoms with Gasteiger partial charge in [0.15, 0.2) is 0 Å². The van der Waals surface area contributed by atoms with Crippen LogP contribution in [0.1, 0.15) is 13.3 Å². The molecule has 0 aliphatic heterocycles. The highest BCUT2D eigenvalue weighted by Gasteiger charge is 2.31. The largest absolute Gasteiger partial charge is 0.358 e. The van der Waals surface area contributed by atoms with E-state index in [1.54, 1.807) is 7.05 Å². The van der Waals surface area contributed by atoms with E-state index in [0.29, 0.717) is 12.6 Å². The molecule has 3 heteroatoms. The predicted molar refractivity (Wildman–Crippen MR) is 39.6 cm³/mol. The summed E-state index contributed by atoms with van der Waals surface area (Å²) in [6, 6.07) is 0.595. The third-order valence-electron chi connectivity index (χ3n) is 1.91. The summed E-state index contributed by atoms with van der Waals surface area (Å²) in [4.78, 5) is 10.7. The normalized spacial score (nSPS) is 29.8. The van der Waals surface area contributed by atoms with Crippen molar-refractivity contribution in [2.24, 2.45) is 5.92 Å². The third-order valence-corrected chi connectivity index (χ3v) is 1.91. The van der Waals surface area contributed by atoms with Gasteiger partial charge in [-0.15, -0.1) is 0 Å². The van der Waals surface area contributed by atoms with Crippen LogP contribution in [-0.4, -0.2) is 25.5 Å². The first-order valence-corrected chi connectivity index (χ1v) is 3.68. The molecule has 2 atom stereocenters. The molecule has 2 N–H and O–H groups in total. The first kappa shape index (κ1) is 7.54. The van der Waals surface area contributed by atoms with Crippen LogP contribution in [0.3, 0.4) is 0 Å². The highest BCUT2D eigenvalue weighted by Crippen LogP contribution is 2.28. The van der Waals surface area contributed by atoms with Gasteiger partial charge in [-0.1, -0.05) is 6.92 Å². The van der Waals surface area contributed by atoms with Crippen LogP contribution < -0.4 is 10.6 Å². The Hall–Kier alpha value is -0.570. The molecule has 3 nitrogen and oxygen atoms in total. The van der Waals surface area contributed by atoms with Crippen molar-refractivity contribution in [2.45, 2.75) is 19.4 Å². The van der Waals surface area contributed by atoms with Gasteiger partial charge in [-0.3, -0.25) is 4.79 Å². The quantitative estimate of drug-likeness (QED) is 0.569. The van der Waals surface area contributed by atoms with E-state index >= 15 is 0 Å². The molecule has 1 saturated carbocycles. The minimum Gasteiger partial charge on any atom is -0.358 e. The molecule has 0 bridgehead atoms. The molecular weight excluding hydrogens is 128 g/mol. The predicted octanol–water partition coefficient (Wildman–Crippen LogP) is -0.270. The van der Waals surface area contributed by atoms with Gasteiger partial charge in [-0.05, 0) is 12.3 Å². The van der Waals surface area contributed by atoms with Gasteiger partial charge in [-0.25, -0.2) is 0 Å². The van der Waals surface area contributed by atoms with Crippen LogP contribution in [0.4, 0.5) is 0 Å². The van der Waals surface area contributed by atoms with E-state index in [9.17, 15) is 4.79 Å². The van der Waals surface area contributed by atoms with Crippen LogP contribution in [0.25, 0.3) is 0 Å². The molecule has 10 heavy (non-hydrogen) atoms. The monoisotopic (exact) mass is 142 g/mol. The molecule has 2 unspecified atom stereocenters. The summed E-state index contributed by atoms with van der Waals surface area (Å²) in [6.07, 6.45) is 1.22. The summed E-state index contributed by atoms with van der Waals surface area (Å²) in [5, 5.41) is 5.71. The van der Waals surface area contributed by atoms with Gasteiger partial charge in [0.2, 0.25) is 5.91 Å². The van der Waals surface area contributed by atoms with Crippen LogP contribution in [-0.2, 0) is 4.79 Å². The Morgan fingerprint density at radius 1 is 1.70 bits per heavy atom. The van der Waals surface area contributed by atoms with Gasteiger partial charge in [0.1, 0.15) is 0 Å². The molecule has 0 spiro atoms. The van der Waals surface area contributed by atoms with Gasteiger partial charge >= 0.3 is 0 Å². The van der Waals surface area contributed by atoms with Gasteiger partial charge in [-0.2, -0.15) is 0 Å². The Morgan fingerprint density at radius 2 is 2.30 bits per heavy atom. The fourth-order valence-electron chi connectivity index (χ4n) is 0.919. The zero-order valence-corrected chi connectivity index (χ0v) is 6.48. The fraction of sp³-hybridized carbons (Fsp3) is 0.857. The number of nitrogens with one attached hydrogen (secondary N) is 2. The van der Waals surface area contributed by atoms with Crippen LogP contribution >= 0.6 is 0 Å². The molecule has 1 rings (SSSR count). The first-order valence-electron chi connectivity index (χ1n) is 3.68. The molecule has 0 heterocycles. The second kappa shape index (κ2) is 3.01. The Bertz CT molecular complexity index is 136. The molecule has 1 aliphatic rings. The van der Waals surface area contributed by atoms with Crippen molar-refractivity contribution >= 4 is 5.91 Å². The number of rotatable bonds is 3. The van der Waals surface area contributed by atoms with E-state index in [1.807, 2.05) is 0 Å². The minimum absolute atomic E-state index is 0.0686. The average molecular weight is 142 g/mol. The molecule has 58 valence electrons. The van der Waals surface area contributed by atoms with Crippen LogP contribution in [0, 0.1) is 5.92 Å². The SMILES string of the molecule is CNC(=O)CNC1CC1C. The van der Waals surface area contributed by atoms with Gasteiger partial charge < -0.3 is 10.6 Å². The lowest BCUT2D eigenvalue weighted by Gasteiger charge is -2.00. The van der Waals surface area contributed by atoms with Crippen molar-refractivity contribution in [3.63, 3.8) is 0 Å². The molecule has 0 radical (unpaired) electrons. The maximum Gasteiger partial charge on any atom is 0.233 e. The fourth-order valence-corrected chi connectivity index (χ4v) is 0.919. The average Bonchev–Trinajstić information content (AvgIpc) is 2.61. The molecule has 0 aromatic rings. The molecule has 1 amide bonds. The standard InChI is InChI=1S/C7H14N2O/c1-5-3-6(5)9-4-7(10)8-2/h5-6,9H,3-4H2,1-2H3,(H,8,10). The summed E-state index contributed by atoms with van der Waals surface area (Å²) in [7, 11) is 1.65. The second-order valence-electron chi connectivity index (χ2n) is 2.87. The summed E-state index contributed by atoms with van der Waals surface area (Å²) < 4.78 is 0. The molecule has 0 saturated heterocycles. The first-order chi connectivity index (χ1) is 4.74. The Morgan fingerprint density at radius 3 is 2.70 bits per heavy atom. The molecule has 1 fully saturated rings. The lowest BCUT2D eigenvalue weighted by molar-refractivity contribution is -0.119. The highest BCUT2D eigenvalue weighted by molar-refractivity contribution is 5.77. The van der Waals surface area contributed by atoms with Crippen LogP contribution in [0.2, 0.25) is 0 Å². The number of amides is 1. The Kier molecular flexibility index (Phi) is 2.27. The van der Waals surface area contributed by atoms with Crippen molar-refractivity contribution in [3.05, 3.63) is 0 Å². The van der Waals surface area contributed by atoms with Crippen molar-refractivity contribution in [3.8, 4) is 0 Å². The van der Waals surface area contributed by atoms with Crippen LogP contribution in [0.5, 0.6) is 0 Å². The van der Waals surface area contributed by atoms with E-state index < -0.39 is 0 Å². The van der Waals surface area contributed by atoms with Gasteiger partial charge in [0, 0.05) is 13.1 Å². The van der Waals surface area contributed by atoms with E-state index in [-0.39, 0.29) is 5.91 Å². The summed E-state index contributed by atoms with van der Waals surface area (Å²) in [5.74, 6) is 0.837. The van der Waals surface area contributed by atoms with E-state index in [4.69, 9.17) is 0 Å². The number of carbonyl (C=O) groups is 1. The van der Waals surface area contributed by atoms with E-state index in [0.717, 1.165) is 5.92 Å². The van der Waals surface area contributed by atoms with Crippen molar-refractivity contribution in [1.82, 2.24) is 10.6 Å². The lowest BCUT2D eigenvalue weighted by atomic mass is 10.4. The zero-order valence-electron chi connectivity index (χ0n) is 6.48. The van der Waals surface area contributed by atoms with Crippen LogP contribution in [0.15, 0.2) is 0 Å². The topological polar surface area (TPSA) is 41.1 Å². The molecule has 1 aliphatic carbocycles. The Balaban J connectivity index is 2.00. The maximum atomic E-state index is 10.7. The number of hydrogen-bond acceptors (Lipinski definition) is 2.